The van der Waals surface area contributed by atoms with E-state index in [4.69, 9.17) is 16.3 Å². The number of ether oxygens (including phenoxy) is 1. The predicted molar refractivity (Wildman–Crippen MR) is 188 cm³/mol. The van der Waals surface area contributed by atoms with Crippen molar-refractivity contribution in [3.63, 3.8) is 0 Å². The van der Waals surface area contributed by atoms with E-state index in [1.807, 2.05) is 42.5 Å². The smallest absolute Gasteiger partial charge is 0.330 e. The van der Waals surface area contributed by atoms with Crippen molar-refractivity contribution in [2.24, 2.45) is 0 Å². The zero-order valence-corrected chi connectivity index (χ0v) is 27.9. The number of hydrogen-bond acceptors (Lipinski definition) is 5. The zero-order valence-electron chi connectivity index (χ0n) is 27.1. The van der Waals surface area contributed by atoms with Gasteiger partial charge >= 0.3 is 12.0 Å². The number of carbonyl (C=O) groups excluding carboxylic acids is 3. The van der Waals surface area contributed by atoms with Gasteiger partial charge in [-0.2, -0.15) is 0 Å². The number of halogens is 1. The van der Waals surface area contributed by atoms with Gasteiger partial charge in [0, 0.05) is 24.7 Å². The van der Waals surface area contributed by atoms with Crippen LogP contribution in [-0.2, 0) is 16.1 Å². The summed E-state index contributed by atoms with van der Waals surface area (Å²) in [6.07, 6.45) is 8.09. The topological polar surface area (TPSA) is 99.8 Å². The lowest BCUT2D eigenvalue weighted by Crippen LogP contribution is -2.52. The third-order valence-electron chi connectivity index (χ3n) is 9.40. The van der Waals surface area contributed by atoms with Gasteiger partial charge in [0.15, 0.2) is 0 Å². The number of allylic oxidation sites excluding steroid dienone is 2. The van der Waals surface area contributed by atoms with Gasteiger partial charge in [-0.1, -0.05) is 96.6 Å². The predicted octanol–water partition coefficient (Wildman–Crippen LogP) is 6.67. The van der Waals surface area contributed by atoms with Crippen LogP contribution < -0.4 is 16.0 Å². The van der Waals surface area contributed by atoms with Crippen molar-refractivity contribution in [3.05, 3.63) is 136 Å². The summed E-state index contributed by atoms with van der Waals surface area (Å²) < 4.78 is 5.57. The van der Waals surface area contributed by atoms with Crippen LogP contribution in [0.25, 0.3) is 5.70 Å². The number of nitrogens with one attached hydrogen (secondary N) is 3. The van der Waals surface area contributed by atoms with Crippen LogP contribution >= 0.6 is 11.6 Å². The summed E-state index contributed by atoms with van der Waals surface area (Å²) in [6.45, 7) is 7.68. The number of benzene rings is 3. The summed E-state index contributed by atoms with van der Waals surface area (Å²) in [5.41, 5.74) is 7.23. The van der Waals surface area contributed by atoms with E-state index in [0.717, 1.165) is 55.6 Å². The summed E-state index contributed by atoms with van der Waals surface area (Å²) in [5, 5.41) is 8.81. The van der Waals surface area contributed by atoms with Crippen molar-refractivity contribution in [1.29, 1.82) is 0 Å². The van der Waals surface area contributed by atoms with E-state index in [9.17, 15) is 14.4 Å². The molecular weight excluding hydrogens is 624 g/mol. The van der Waals surface area contributed by atoms with Crippen LogP contribution in [0.3, 0.4) is 0 Å². The van der Waals surface area contributed by atoms with E-state index >= 15 is 0 Å². The van der Waals surface area contributed by atoms with E-state index < -0.39 is 23.9 Å². The molecule has 48 heavy (non-hydrogen) atoms. The first-order valence-electron chi connectivity index (χ1n) is 16.5. The molecule has 3 amide bonds. The summed E-state index contributed by atoms with van der Waals surface area (Å²) in [4.78, 5) is 42.1. The van der Waals surface area contributed by atoms with Crippen molar-refractivity contribution in [3.8, 4) is 0 Å². The highest BCUT2D eigenvalue weighted by atomic mass is 35.5. The molecule has 3 aliphatic rings. The van der Waals surface area contributed by atoms with Crippen LogP contribution in [0.4, 0.5) is 4.79 Å². The van der Waals surface area contributed by atoms with Crippen molar-refractivity contribution < 1.29 is 19.1 Å². The molecule has 0 spiro atoms. The molecule has 3 aromatic rings. The standard InChI is InChI=1S/C39H41ClN4O4/c1-25-19-30(26(2)44-22-31(23-44)28-13-7-4-8-14-28)20-33(40)36(25)37(45)42-35(38(46)48-24-27-11-5-3-6-12-27)21-41-39(47)43-34-18-17-29-15-9-10-16-32(29)34/h3-8,10-14,16,19-20,31,34-35H,2,9,15,17-18,21-24H2,1H3,(H,42,45)(H2,41,43,47)/t34?,35-/m0/s1. The molecule has 2 aliphatic carbocycles. The van der Waals surface area contributed by atoms with Crippen molar-refractivity contribution in [2.45, 2.75) is 57.2 Å². The highest BCUT2D eigenvalue weighted by Crippen LogP contribution is 2.35. The first-order chi connectivity index (χ1) is 23.3. The second-order valence-corrected chi connectivity index (χ2v) is 13.1. The number of hydrogen-bond donors (Lipinski definition) is 3. The molecule has 248 valence electrons. The van der Waals surface area contributed by atoms with E-state index in [1.165, 1.54) is 16.7 Å². The summed E-state index contributed by atoms with van der Waals surface area (Å²) >= 11 is 6.72. The van der Waals surface area contributed by atoms with Gasteiger partial charge in [-0.25, -0.2) is 9.59 Å². The minimum Gasteiger partial charge on any atom is -0.459 e. The highest BCUT2D eigenvalue weighted by Gasteiger charge is 2.31. The molecule has 1 fully saturated rings. The number of urea groups is 1. The molecule has 9 heteroatoms. The fraction of sp³-hybridized carbons (Fsp3) is 0.308. The summed E-state index contributed by atoms with van der Waals surface area (Å²) in [6, 6.07) is 21.7. The molecule has 0 radical (unpaired) electrons. The summed E-state index contributed by atoms with van der Waals surface area (Å²) in [5.74, 6) is -0.765. The van der Waals surface area contributed by atoms with Gasteiger partial charge in [-0.05, 0) is 72.6 Å². The molecular formula is C39H41ClN4O4. The van der Waals surface area contributed by atoms with Gasteiger partial charge in [0.05, 0.1) is 23.2 Å². The van der Waals surface area contributed by atoms with Gasteiger partial charge in [-0.15, -0.1) is 0 Å². The molecule has 3 N–H and O–H groups in total. The average molecular weight is 665 g/mol. The minimum absolute atomic E-state index is 0.0296. The van der Waals surface area contributed by atoms with Crippen molar-refractivity contribution in [1.82, 2.24) is 20.9 Å². The van der Waals surface area contributed by atoms with Crippen molar-refractivity contribution >= 4 is 35.2 Å². The van der Waals surface area contributed by atoms with Crippen molar-refractivity contribution in [2.75, 3.05) is 19.6 Å². The molecule has 1 heterocycles. The monoisotopic (exact) mass is 664 g/mol. The number of carbonyl (C=O) groups is 3. The molecule has 1 saturated heterocycles. The molecule has 0 saturated carbocycles. The lowest BCUT2D eigenvalue weighted by molar-refractivity contribution is -0.147. The van der Waals surface area contributed by atoms with Gasteiger partial charge in [0.25, 0.3) is 5.91 Å². The van der Waals surface area contributed by atoms with E-state index in [-0.39, 0.29) is 29.8 Å². The Hall–Kier alpha value is -4.82. The van der Waals surface area contributed by atoms with Gasteiger partial charge in [-0.3, -0.25) is 4.79 Å². The molecule has 3 aromatic carbocycles. The fourth-order valence-corrected chi connectivity index (χ4v) is 7.01. The number of amides is 3. The molecule has 0 aromatic heterocycles. The van der Waals surface area contributed by atoms with E-state index in [0.29, 0.717) is 11.5 Å². The first-order valence-corrected chi connectivity index (χ1v) is 16.9. The maximum atomic E-state index is 13.7. The van der Waals surface area contributed by atoms with Crippen LogP contribution in [0, 0.1) is 6.92 Å². The normalized spacial score (nSPS) is 17.6. The molecule has 1 unspecified atom stereocenters. The lowest BCUT2D eigenvalue weighted by atomic mass is 9.90. The quantitative estimate of drug-likeness (QED) is 0.199. The Balaban J connectivity index is 1.11. The third-order valence-corrected chi connectivity index (χ3v) is 9.69. The van der Waals surface area contributed by atoms with Gasteiger partial charge in [0.1, 0.15) is 12.6 Å². The van der Waals surface area contributed by atoms with Crippen LogP contribution in [0.1, 0.15) is 64.2 Å². The number of esters is 1. The maximum Gasteiger partial charge on any atom is 0.330 e. The lowest BCUT2D eigenvalue weighted by Gasteiger charge is -2.42. The SMILES string of the molecule is C=C(c1cc(C)c(C(=O)N[C@@H](CNC(=O)NC2CCC3=C2C=CCC3)C(=O)OCc2ccccc2)c(Cl)c1)N1CC(c2ccccc2)C1. The van der Waals surface area contributed by atoms with Gasteiger partial charge in [0.2, 0.25) is 0 Å². The Bertz CT molecular complexity index is 1720. The molecule has 2 atom stereocenters. The van der Waals surface area contributed by atoms with Crippen LogP contribution in [-0.4, -0.2) is 54.5 Å². The first kappa shape index (κ1) is 33.1. The summed E-state index contributed by atoms with van der Waals surface area (Å²) in [7, 11) is 0. The number of likely N-dealkylation sites (tertiary alicyclic amines) is 1. The van der Waals surface area contributed by atoms with E-state index in [1.54, 1.807) is 13.0 Å². The Morgan fingerprint density at radius 3 is 2.48 bits per heavy atom. The highest BCUT2D eigenvalue weighted by molar-refractivity contribution is 6.34. The maximum absolute atomic E-state index is 13.7. The third kappa shape index (κ3) is 7.66. The Morgan fingerprint density at radius 2 is 1.75 bits per heavy atom. The average Bonchev–Trinajstić information content (AvgIpc) is 3.47. The molecule has 8 nitrogen and oxygen atoms in total. The second kappa shape index (κ2) is 14.9. The Morgan fingerprint density at radius 1 is 1.02 bits per heavy atom. The number of nitrogens with zero attached hydrogens (tertiary/aromatic N) is 1. The van der Waals surface area contributed by atoms with Gasteiger partial charge < -0.3 is 25.6 Å². The molecule has 0 bridgehead atoms. The van der Waals surface area contributed by atoms with Crippen LogP contribution in [0.2, 0.25) is 5.02 Å². The Labute approximate surface area is 286 Å². The zero-order chi connectivity index (χ0) is 33.6. The minimum atomic E-state index is -1.15. The Kier molecular flexibility index (Phi) is 10.3. The second-order valence-electron chi connectivity index (χ2n) is 12.7. The number of rotatable bonds is 11. The largest absolute Gasteiger partial charge is 0.459 e. The van der Waals surface area contributed by atoms with Crippen LogP contribution in [0.5, 0.6) is 0 Å². The number of aryl methyl sites for hydroxylation is 1. The fourth-order valence-electron chi connectivity index (χ4n) is 6.66. The van der Waals surface area contributed by atoms with Crippen LogP contribution in [0.15, 0.2) is 103 Å². The molecule has 6 rings (SSSR count). The van der Waals surface area contributed by atoms with E-state index in [2.05, 4.69) is 63.8 Å². The molecule has 1 aliphatic heterocycles.